The minimum absolute atomic E-state index is 0.343. The van der Waals surface area contributed by atoms with Crippen LogP contribution in [-0.4, -0.2) is 23.6 Å². The molecule has 0 saturated heterocycles. The van der Waals surface area contributed by atoms with Gasteiger partial charge in [-0.15, -0.1) is 0 Å². The molecular formula is C17H16F3NO. The van der Waals surface area contributed by atoms with Gasteiger partial charge in [-0.3, -0.25) is 4.90 Å². The largest absolute Gasteiger partial charge is 0.416 e. The standard InChI is InChI=1S/C17H16F3NO/c1-21-10-12-4-2-3-5-15(12)16(22,11-21)13-6-8-14(9-7-13)17(18,19)20/h2-9,22H,10-11H2,1H3. The van der Waals surface area contributed by atoms with E-state index in [0.29, 0.717) is 18.7 Å². The van der Waals surface area contributed by atoms with Gasteiger partial charge in [-0.2, -0.15) is 13.2 Å². The number of aliphatic hydroxyl groups is 1. The number of fused-ring (bicyclic) bond motifs is 1. The van der Waals surface area contributed by atoms with Gasteiger partial charge in [-0.25, -0.2) is 0 Å². The van der Waals surface area contributed by atoms with Crippen molar-refractivity contribution in [2.75, 3.05) is 13.6 Å². The first-order chi connectivity index (χ1) is 10.3. The summed E-state index contributed by atoms with van der Waals surface area (Å²) in [5.74, 6) is 0. The van der Waals surface area contributed by atoms with Crippen LogP contribution in [0, 0.1) is 0 Å². The van der Waals surface area contributed by atoms with E-state index < -0.39 is 17.3 Å². The summed E-state index contributed by atoms with van der Waals surface area (Å²) in [5, 5.41) is 11.1. The lowest BCUT2D eigenvalue weighted by molar-refractivity contribution is -0.137. The summed E-state index contributed by atoms with van der Waals surface area (Å²) in [7, 11) is 1.88. The Morgan fingerprint density at radius 2 is 1.68 bits per heavy atom. The normalized spacial score (nSPS) is 22.4. The Bertz CT molecular complexity index is 681. The lowest BCUT2D eigenvalue weighted by Gasteiger charge is -2.39. The van der Waals surface area contributed by atoms with Gasteiger partial charge >= 0.3 is 6.18 Å². The number of nitrogens with zero attached hydrogens (tertiary/aromatic N) is 1. The van der Waals surface area contributed by atoms with Crippen molar-refractivity contribution < 1.29 is 18.3 Å². The minimum atomic E-state index is -4.37. The molecule has 1 aliphatic heterocycles. The maximum absolute atomic E-state index is 12.7. The molecule has 1 atom stereocenters. The maximum atomic E-state index is 12.7. The quantitative estimate of drug-likeness (QED) is 0.873. The van der Waals surface area contributed by atoms with Gasteiger partial charge in [0.05, 0.1) is 5.56 Å². The van der Waals surface area contributed by atoms with Crippen LogP contribution in [0.3, 0.4) is 0 Å². The van der Waals surface area contributed by atoms with E-state index in [1.165, 1.54) is 12.1 Å². The summed E-state index contributed by atoms with van der Waals surface area (Å²) in [5.41, 5.74) is 0.205. The Hall–Kier alpha value is -1.85. The minimum Gasteiger partial charge on any atom is -0.379 e. The van der Waals surface area contributed by atoms with Crippen LogP contribution < -0.4 is 0 Å². The monoisotopic (exact) mass is 307 g/mol. The maximum Gasteiger partial charge on any atom is 0.416 e. The number of hydrogen-bond acceptors (Lipinski definition) is 2. The van der Waals surface area contributed by atoms with Crippen molar-refractivity contribution in [3.8, 4) is 0 Å². The molecule has 5 heteroatoms. The first-order valence-corrected chi connectivity index (χ1v) is 6.98. The molecule has 1 aliphatic rings. The molecule has 0 radical (unpaired) electrons. The van der Waals surface area contributed by atoms with Gasteiger partial charge in [0.15, 0.2) is 0 Å². The second-order valence-electron chi connectivity index (χ2n) is 5.76. The van der Waals surface area contributed by atoms with Crippen LogP contribution in [0.4, 0.5) is 13.2 Å². The van der Waals surface area contributed by atoms with Gasteiger partial charge in [0, 0.05) is 13.1 Å². The molecule has 116 valence electrons. The topological polar surface area (TPSA) is 23.5 Å². The summed E-state index contributed by atoms with van der Waals surface area (Å²) < 4.78 is 38.1. The lowest BCUT2D eigenvalue weighted by Crippen LogP contribution is -2.44. The molecule has 2 nitrogen and oxygen atoms in total. The van der Waals surface area contributed by atoms with E-state index in [4.69, 9.17) is 0 Å². The van der Waals surface area contributed by atoms with Crippen LogP contribution in [-0.2, 0) is 18.3 Å². The first-order valence-electron chi connectivity index (χ1n) is 6.98. The number of benzene rings is 2. The molecule has 1 unspecified atom stereocenters. The highest BCUT2D eigenvalue weighted by atomic mass is 19.4. The molecule has 0 aliphatic carbocycles. The van der Waals surface area contributed by atoms with Gasteiger partial charge in [0.1, 0.15) is 5.60 Å². The molecule has 1 N–H and O–H groups in total. The van der Waals surface area contributed by atoms with Crippen LogP contribution in [0.15, 0.2) is 48.5 Å². The molecule has 0 bridgehead atoms. The number of halogens is 3. The number of β-amino-alcohol motifs (C(OH)–C–C–N with tert-alkyl or cyclic N) is 1. The molecule has 2 aromatic rings. The first kappa shape index (κ1) is 15.1. The Kier molecular flexibility index (Phi) is 3.50. The third-order valence-electron chi connectivity index (χ3n) is 4.09. The Morgan fingerprint density at radius 1 is 1.05 bits per heavy atom. The van der Waals surface area contributed by atoms with Crippen LogP contribution in [0.5, 0.6) is 0 Å². The molecule has 22 heavy (non-hydrogen) atoms. The van der Waals surface area contributed by atoms with Crippen LogP contribution in [0.1, 0.15) is 22.3 Å². The predicted molar refractivity (Wildman–Crippen MR) is 77.2 cm³/mol. The molecule has 0 spiro atoms. The van der Waals surface area contributed by atoms with Gasteiger partial charge in [0.2, 0.25) is 0 Å². The predicted octanol–water partition coefficient (Wildman–Crippen LogP) is 3.39. The summed E-state index contributed by atoms with van der Waals surface area (Å²) in [6.07, 6.45) is -4.37. The molecule has 0 aromatic heterocycles. The van der Waals surface area contributed by atoms with E-state index >= 15 is 0 Å². The van der Waals surface area contributed by atoms with Crippen LogP contribution >= 0.6 is 0 Å². The Balaban J connectivity index is 2.07. The molecule has 1 heterocycles. The van der Waals surface area contributed by atoms with Crippen molar-refractivity contribution in [3.05, 3.63) is 70.8 Å². The lowest BCUT2D eigenvalue weighted by atomic mass is 9.80. The number of alkyl halides is 3. The zero-order valence-corrected chi connectivity index (χ0v) is 12.1. The zero-order chi connectivity index (χ0) is 16.0. The van der Waals surface area contributed by atoms with Crippen molar-refractivity contribution in [3.63, 3.8) is 0 Å². The molecule has 2 aromatic carbocycles. The second-order valence-corrected chi connectivity index (χ2v) is 5.76. The van der Waals surface area contributed by atoms with Gasteiger partial charge in [-0.1, -0.05) is 36.4 Å². The third-order valence-corrected chi connectivity index (χ3v) is 4.09. The summed E-state index contributed by atoms with van der Waals surface area (Å²) in [6.45, 7) is 1.05. The smallest absolute Gasteiger partial charge is 0.379 e. The Labute approximate surface area is 126 Å². The van der Waals surface area contributed by atoms with E-state index in [1.54, 1.807) is 0 Å². The van der Waals surface area contributed by atoms with E-state index in [1.807, 2.05) is 36.2 Å². The summed E-state index contributed by atoms with van der Waals surface area (Å²) in [4.78, 5) is 1.96. The van der Waals surface area contributed by atoms with Crippen molar-refractivity contribution >= 4 is 0 Å². The highest BCUT2D eigenvalue weighted by molar-refractivity contribution is 5.44. The van der Waals surface area contributed by atoms with Gasteiger partial charge < -0.3 is 5.11 Å². The fourth-order valence-electron chi connectivity index (χ4n) is 3.07. The molecule has 0 amide bonds. The zero-order valence-electron chi connectivity index (χ0n) is 12.1. The average Bonchev–Trinajstić information content (AvgIpc) is 2.46. The molecular weight excluding hydrogens is 291 g/mol. The number of likely N-dealkylation sites (N-methyl/N-ethyl adjacent to an activating group) is 1. The van der Waals surface area contributed by atoms with Crippen molar-refractivity contribution in [1.82, 2.24) is 4.90 Å². The summed E-state index contributed by atoms with van der Waals surface area (Å²) >= 11 is 0. The van der Waals surface area contributed by atoms with Crippen molar-refractivity contribution in [1.29, 1.82) is 0 Å². The van der Waals surface area contributed by atoms with Crippen LogP contribution in [0.2, 0.25) is 0 Å². The second kappa shape index (κ2) is 5.11. The van der Waals surface area contributed by atoms with Gasteiger partial charge in [0.25, 0.3) is 0 Å². The van der Waals surface area contributed by atoms with E-state index in [2.05, 4.69) is 0 Å². The Morgan fingerprint density at radius 3 is 2.32 bits per heavy atom. The van der Waals surface area contributed by atoms with Crippen LogP contribution in [0.25, 0.3) is 0 Å². The SMILES string of the molecule is CN1Cc2ccccc2C(O)(c2ccc(C(F)(F)F)cc2)C1. The highest BCUT2D eigenvalue weighted by Crippen LogP contribution is 2.38. The van der Waals surface area contributed by atoms with E-state index in [-0.39, 0.29) is 0 Å². The molecule has 3 rings (SSSR count). The average molecular weight is 307 g/mol. The fraction of sp³-hybridized carbons (Fsp3) is 0.294. The van der Waals surface area contributed by atoms with Gasteiger partial charge in [-0.05, 0) is 35.9 Å². The number of hydrogen-bond donors (Lipinski definition) is 1. The summed E-state index contributed by atoms with van der Waals surface area (Å²) in [6, 6.07) is 12.2. The fourth-order valence-corrected chi connectivity index (χ4v) is 3.07. The highest BCUT2D eigenvalue weighted by Gasteiger charge is 2.39. The number of rotatable bonds is 1. The third kappa shape index (κ3) is 2.51. The van der Waals surface area contributed by atoms with E-state index in [0.717, 1.165) is 23.3 Å². The molecule has 0 saturated carbocycles. The van der Waals surface area contributed by atoms with Crippen molar-refractivity contribution in [2.45, 2.75) is 18.3 Å². The van der Waals surface area contributed by atoms with E-state index in [9.17, 15) is 18.3 Å². The molecule has 0 fully saturated rings. The van der Waals surface area contributed by atoms with Crippen molar-refractivity contribution in [2.24, 2.45) is 0 Å².